The van der Waals surface area contributed by atoms with Gasteiger partial charge in [0.25, 0.3) is 0 Å². The van der Waals surface area contributed by atoms with Gasteiger partial charge in [0.05, 0.1) is 18.3 Å². The summed E-state index contributed by atoms with van der Waals surface area (Å²) in [6.07, 6.45) is 5.81. The molecule has 2 aromatic rings. The number of urea groups is 2. The van der Waals surface area contributed by atoms with Crippen LogP contribution in [-0.4, -0.2) is 108 Å². The first-order chi connectivity index (χ1) is 23.1. The predicted molar refractivity (Wildman–Crippen MR) is 185 cm³/mol. The average Bonchev–Trinajstić information content (AvgIpc) is 3.62. The van der Waals surface area contributed by atoms with E-state index in [4.69, 9.17) is 0 Å². The number of piperidine rings is 2. The summed E-state index contributed by atoms with van der Waals surface area (Å²) in [4.78, 5) is 33.8. The van der Waals surface area contributed by atoms with Crippen molar-refractivity contribution in [1.29, 1.82) is 0 Å². The number of carbonyl (C=O) groups excluding carboxylic acids is 2. The van der Waals surface area contributed by atoms with Crippen LogP contribution < -0.4 is 16.0 Å². The van der Waals surface area contributed by atoms with Gasteiger partial charge in [-0.1, -0.05) is 6.07 Å². The van der Waals surface area contributed by atoms with Gasteiger partial charge in [0.1, 0.15) is 17.5 Å². The van der Waals surface area contributed by atoms with Gasteiger partial charge in [0.15, 0.2) is 0 Å². The summed E-state index contributed by atoms with van der Waals surface area (Å²) < 4.78 is 42.9. The predicted octanol–water partition coefficient (Wildman–Crippen LogP) is 5.87. The Bertz CT molecular complexity index is 1420. The number of anilines is 1. The van der Waals surface area contributed by atoms with E-state index in [2.05, 4.69) is 16.0 Å². The molecule has 0 spiro atoms. The number of hydrogen-bond donors (Lipinski definition) is 3. The standard InChI is InChI=1S/C18H26F2N4O.C17H24FN3OS/c1-3-22-17-11-15(19)14(10-16(17)20)12(2)23-8-9-24(18(23)25)13-4-6-21-7-5-13;1-12-10-21(14-5-7-19-8-6-14)17(22)20(12)11-13-3-4-15(23-2)9-16(13)18/h10-13,21-22H,3-9H2,1-2H3;3-4,9,12,14,19H,5-8,10-11H2,1-2H3. The SMILES string of the molecule is CCNc1cc(F)c(C(C)N2CCN(C3CCNCC3)C2=O)cc1F.CSc1ccc(CN2C(=O)N(C3CCNCC3)CC2C)c(F)c1. The minimum absolute atomic E-state index is 0.0535. The smallest absolute Gasteiger partial charge is 0.320 e. The molecule has 48 heavy (non-hydrogen) atoms. The molecular formula is C35H50F3N7O2S. The van der Waals surface area contributed by atoms with Gasteiger partial charge in [0.2, 0.25) is 0 Å². The van der Waals surface area contributed by atoms with Gasteiger partial charge >= 0.3 is 12.1 Å². The molecule has 3 N–H and O–H groups in total. The number of hydrogen-bond acceptors (Lipinski definition) is 6. The van der Waals surface area contributed by atoms with Crippen LogP contribution in [0.1, 0.15) is 63.6 Å². The lowest BCUT2D eigenvalue weighted by molar-refractivity contribution is 0.157. The highest BCUT2D eigenvalue weighted by Crippen LogP contribution is 2.32. The number of nitrogens with one attached hydrogen (secondary N) is 3. The normalized spacial score (nSPS) is 21.5. The van der Waals surface area contributed by atoms with Crippen LogP contribution in [0.2, 0.25) is 0 Å². The molecule has 0 radical (unpaired) electrons. The zero-order valence-electron chi connectivity index (χ0n) is 28.5. The maximum absolute atomic E-state index is 14.5. The van der Waals surface area contributed by atoms with Crippen LogP contribution >= 0.6 is 11.8 Å². The zero-order valence-corrected chi connectivity index (χ0v) is 29.4. The molecule has 6 rings (SSSR count). The molecule has 264 valence electrons. The number of rotatable bonds is 9. The summed E-state index contributed by atoms with van der Waals surface area (Å²) in [5.74, 6) is -1.21. The quantitative estimate of drug-likeness (QED) is 0.286. The van der Waals surface area contributed by atoms with E-state index in [0.29, 0.717) is 37.8 Å². The average molecular weight is 690 g/mol. The lowest BCUT2D eigenvalue weighted by atomic mass is 10.0. The number of benzene rings is 2. The Balaban J connectivity index is 0.000000188. The van der Waals surface area contributed by atoms with Crippen molar-refractivity contribution in [3.8, 4) is 0 Å². The van der Waals surface area contributed by atoms with Crippen molar-refractivity contribution in [3.05, 3.63) is 58.9 Å². The summed E-state index contributed by atoms with van der Waals surface area (Å²) in [7, 11) is 0. The Labute approximate surface area is 286 Å². The summed E-state index contributed by atoms with van der Waals surface area (Å²) >= 11 is 1.52. The first-order valence-corrected chi connectivity index (χ1v) is 18.5. The van der Waals surface area contributed by atoms with E-state index in [1.165, 1.54) is 23.9 Å². The minimum Gasteiger partial charge on any atom is -0.383 e. The molecule has 4 aliphatic rings. The van der Waals surface area contributed by atoms with Crippen molar-refractivity contribution < 1.29 is 22.8 Å². The Kier molecular flexibility index (Phi) is 12.4. The highest BCUT2D eigenvalue weighted by atomic mass is 32.2. The Hall–Kier alpha value is -3.16. The van der Waals surface area contributed by atoms with Gasteiger partial charge in [-0.25, -0.2) is 22.8 Å². The summed E-state index contributed by atoms with van der Waals surface area (Å²) in [6.45, 7) is 12.2. The molecule has 4 saturated heterocycles. The Morgan fingerprint density at radius 3 is 2.12 bits per heavy atom. The lowest BCUT2D eigenvalue weighted by Gasteiger charge is -2.32. The van der Waals surface area contributed by atoms with E-state index >= 15 is 0 Å². The van der Waals surface area contributed by atoms with Crippen molar-refractivity contribution in [2.75, 3.05) is 63.9 Å². The highest BCUT2D eigenvalue weighted by Gasteiger charge is 2.39. The van der Waals surface area contributed by atoms with Crippen molar-refractivity contribution in [2.45, 2.75) is 82.1 Å². The third-order valence-corrected chi connectivity index (χ3v) is 10.8. The van der Waals surface area contributed by atoms with E-state index in [1.807, 2.05) is 36.0 Å². The summed E-state index contributed by atoms with van der Waals surface area (Å²) in [6, 6.07) is 7.81. The van der Waals surface area contributed by atoms with Gasteiger partial charge in [-0.3, -0.25) is 0 Å². The molecule has 4 aliphatic heterocycles. The number of thioether (sulfide) groups is 1. The number of amides is 4. The van der Waals surface area contributed by atoms with Gasteiger partial charge in [-0.05, 0) is 97.1 Å². The molecule has 4 amide bonds. The molecule has 2 aromatic carbocycles. The summed E-state index contributed by atoms with van der Waals surface area (Å²) in [5.41, 5.74) is 0.967. The Morgan fingerprint density at radius 1 is 0.875 bits per heavy atom. The fourth-order valence-corrected chi connectivity index (χ4v) is 7.62. The van der Waals surface area contributed by atoms with Gasteiger partial charge in [-0.2, -0.15) is 0 Å². The van der Waals surface area contributed by atoms with Crippen LogP contribution in [0.15, 0.2) is 35.2 Å². The molecule has 13 heteroatoms. The van der Waals surface area contributed by atoms with Crippen LogP contribution in [0.5, 0.6) is 0 Å². The zero-order chi connectivity index (χ0) is 34.4. The van der Waals surface area contributed by atoms with Crippen molar-refractivity contribution in [2.24, 2.45) is 0 Å². The molecular weight excluding hydrogens is 639 g/mol. The third kappa shape index (κ3) is 8.16. The van der Waals surface area contributed by atoms with E-state index in [9.17, 15) is 22.8 Å². The van der Waals surface area contributed by atoms with Crippen LogP contribution in [0, 0.1) is 17.5 Å². The van der Waals surface area contributed by atoms with Crippen molar-refractivity contribution in [1.82, 2.24) is 30.2 Å². The fraction of sp³-hybridized carbons (Fsp3) is 0.600. The van der Waals surface area contributed by atoms with Gasteiger partial charge in [0, 0.05) is 66.4 Å². The first-order valence-electron chi connectivity index (χ1n) is 17.2. The second-order valence-electron chi connectivity index (χ2n) is 13.1. The number of nitrogens with zero attached hydrogens (tertiary/aromatic N) is 4. The molecule has 0 aliphatic carbocycles. The van der Waals surface area contributed by atoms with Crippen LogP contribution in [0.25, 0.3) is 0 Å². The monoisotopic (exact) mass is 689 g/mol. The van der Waals surface area contributed by atoms with Crippen LogP contribution in [0.4, 0.5) is 28.4 Å². The largest absolute Gasteiger partial charge is 0.383 e. The van der Waals surface area contributed by atoms with Crippen molar-refractivity contribution >= 4 is 29.5 Å². The van der Waals surface area contributed by atoms with E-state index in [-0.39, 0.29) is 41.2 Å². The second kappa shape index (κ2) is 16.5. The second-order valence-corrected chi connectivity index (χ2v) is 13.9. The minimum atomic E-state index is -0.496. The molecule has 0 saturated carbocycles. The molecule has 0 aromatic heterocycles. The first kappa shape index (κ1) is 36.1. The van der Waals surface area contributed by atoms with E-state index in [0.717, 1.165) is 63.3 Å². The lowest BCUT2D eigenvalue weighted by Crippen LogP contribution is -2.45. The Morgan fingerprint density at radius 2 is 1.52 bits per heavy atom. The van der Waals surface area contributed by atoms with Crippen molar-refractivity contribution in [3.63, 3.8) is 0 Å². The topological polar surface area (TPSA) is 83.2 Å². The third-order valence-electron chi connectivity index (χ3n) is 10.0. The molecule has 4 fully saturated rings. The molecule has 0 bridgehead atoms. The van der Waals surface area contributed by atoms with Gasteiger partial charge < -0.3 is 35.6 Å². The van der Waals surface area contributed by atoms with Crippen LogP contribution in [0.3, 0.4) is 0 Å². The molecule has 2 atom stereocenters. The molecule has 4 heterocycles. The maximum atomic E-state index is 14.5. The van der Waals surface area contributed by atoms with E-state index in [1.54, 1.807) is 28.9 Å². The number of carbonyl (C=O) groups is 2. The van der Waals surface area contributed by atoms with Gasteiger partial charge in [-0.15, -0.1) is 11.8 Å². The molecule has 9 nitrogen and oxygen atoms in total. The molecule has 2 unspecified atom stereocenters. The van der Waals surface area contributed by atoms with Crippen LogP contribution in [-0.2, 0) is 6.54 Å². The maximum Gasteiger partial charge on any atom is 0.320 e. The van der Waals surface area contributed by atoms with E-state index < -0.39 is 17.7 Å². The fourth-order valence-electron chi connectivity index (χ4n) is 7.19. The highest BCUT2D eigenvalue weighted by molar-refractivity contribution is 7.98. The summed E-state index contributed by atoms with van der Waals surface area (Å²) in [5, 5.41) is 9.43. The number of halogens is 3.